The molecule has 0 radical (unpaired) electrons. The summed E-state index contributed by atoms with van der Waals surface area (Å²) < 4.78 is 12.2. The Kier molecular flexibility index (Phi) is 5.97. The number of hydrogen-bond acceptors (Lipinski definition) is 7. The average molecular weight is 453 g/mol. The lowest BCUT2D eigenvalue weighted by molar-refractivity contribution is -0.132. The zero-order valence-corrected chi connectivity index (χ0v) is 19.4. The molecule has 8 nitrogen and oxygen atoms in total. The quantitative estimate of drug-likeness (QED) is 0.673. The van der Waals surface area contributed by atoms with Crippen molar-refractivity contribution in [1.82, 2.24) is 14.9 Å². The van der Waals surface area contributed by atoms with Crippen LogP contribution in [0.2, 0.25) is 0 Å². The van der Waals surface area contributed by atoms with E-state index in [0.717, 1.165) is 79.5 Å². The molecule has 176 valence electrons. The molecule has 33 heavy (non-hydrogen) atoms. The molecule has 2 aliphatic heterocycles. The number of likely N-dealkylation sites (N-methyl/N-ethyl adjacent to an activating group) is 1. The summed E-state index contributed by atoms with van der Waals surface area (Å²) in [6.45, 7) is 2.81. The van der Waals surface area contributed by atoms with Gasteiger partial charge < -0.3 is 24.1 Å². The molecule has 3 heterocycles. The van der Waals surface area contributed by atoms with Crippen molar-refractivity contribution in [2.75, 3.05) is 45.2 Å². The normalized spacial score (nSPS) is 21.2. The molecule has 0 saturated carbocycles. The van der Waals surface area contributed by atoms with E-state index in [1.54, 1.807) is 0 Å². The van der Waals surface area contributed by atoms with Crippen LogP contribution in [0.15, 0.2) is 23.0 Å². The van der Waals surface area contributed by atoms with E-state index in [1.165, 1.54) is 0 Å². The number of aromatic amines is 1. The number of ether oxygens (including phenoxy) is 2. The highest BCUT2D eigenvalue weighted by Gasteiger charge is 2.47. The standard InChI is InChI=1S/C25H32N4O4/c1-28(2)13-14-32-17-7-8-20-19(15-17)22(16-30)33-25(20)9-11-29(12-10-25)24-26-21-6-4-3-5-18(21)23(31)27-24/h7-8,15-16,22H,3-6,9-14H2,1-2H3,(H,26,27,31). The van der Waals surface area contributed by atoms with Crippen molar-refractivity contribution in [3.05, 3.63) is 50.9 Å². The van der Waals surface area contributed by atoms with Gasteiger partial charge in [0.05, 0.1) is 11.3 Å². The average Bonchev–Trinajstić information content (AvgIpc) is 3.12. The van der Waals surface area contributed by atoms with Crippen molar-refractivity contribution >= 4 is 12.2 Å². The van der Waals surface area contributed by atoms with Gasteiger partial charge in [0.25, 0.3) is 5.56 Å². The van der Waals surface area contributed by atoms with Gasteiger partial charge in [-0.2, -0.15) is 0 Å². The van der Waals surface area contributed by atoms with Gasteiger partial charge in [0, 0.05) is 25.2 Å². The van der Waals surface area contributed by atoms with E-state index in [1.807, 2.05) is 26.2 Å². The minimum Gasteiger partial charge on any atom is -0.492 e. The molecule has 1 saturated heterocycles. The Morgan fingerprint density at radius 1 is 1.27 bits per heavy atom. The van der Waals surface area contributed by atoms with Crippen LogP contribution in [0, 0.1) is 0 Å². The molecule has 1 atom stereocenters. The van der Waals surface area contributed by atoms with Crippen molar-refractivity contribution in [3.8, 4) is 5.75 Å². The number of carbonyl (C=O) groups is 1. The number of aryl methyl sites for hydroxylation is 1. The molecule has 1 fully saturated rings. The van der Waals surface area contributed by atoms with Crippen molar-refractivity contribution in [2.24, 2.45) is 0 Å². The maximum absolute atomic E-state index is 12.6. The number of fused-ring (bicyclic) bond motifs is 3. The highest BCUT2D eigenvalue weighted by atomic mass is 16.5. The van der Waals surface area contributed by atoms with E-state index < -0.39 is 11.7 Å². The van der Waals surface area contributed by atoms with Crippen LogP contribution in [0.4, 0.5) is 5.95 Å². The number of anilines is 1. The molecule has 3 aliphatic rings. The molecule has 8 heteroatoms. The van der Waals surface area contributed by atoms with Crippen LogP contribution >= 0.6 is 0 Å². The summed E-state index contributed by atoms with van der Waals surface area (Å²) in [6.07, 6.45) is 5.60. The van der Waals surface area contributed by atoms with Gasteiger partial charge in [-0.1, -0.05) is 6.07 Å². The number of piperidine rings is 1. The number of H-pyrrole nitrogens is 1. The van der Waals surface area contributed by atoms with Gasteiger partial charge in [-0.25, -0.2) is 4.98 Å². The first-order valence-electron chi connectivity index (χ1n) is 11.9. The van der Waals surface area contributed by atoms with E-state index in [2.05, 4.69) is 20.9 Å². The number of hydrogen-bond donors (Lipinski definition) is 1. The molecule has 2 aromatic rings. The van der Waals surface area contributed by atoms with Crippen LogP contribution in [0.3, 0.4) is 0 Å². The van der Waals surface area contributed by atoms with Crippen LogP contribution in [0.5, 0.6) is 5.75 Å². The van der Waals surface area contributed by atoms with Gasteiger partial charge in [0.15, 0.2) is 6.29 Å². The molecule has 1 spiro atoms. The molecule has 0 bridgehead atoms. The lowest BCUT2D eigenvalue weighted by Crippen LogP contribution is -2.44. The molecular weight excluding hydrogens is 420 g/mol. The van der Waals surface area contributed by atoms with Gasteiger partial charge in [0.2, 0.25) is 5.95 Å². The molecule has 1 aromatic carbocycles. The van der Waals surface area contributed by atoms with Gasteiger partial charge in [-0.3, -0.25) is 9.78 Å². The molecular formula is C25H32N4O4. The van der Waals surface area contributed by atoms with Crippen LogP contribution in [0.1, 0.15) is 54.2 Å². The minimum absolute atomic E-state index is 0.000244. The summed E-state index contributed by atoms with van der Waals surface area (Å²) in [5.74, 6) is 1.42. The number of aromatic nitrogens is 2. The summed E-state index contributed by atoms with van der Waals surface area (Å²) in [5.41, 5.74) is 3.29. The predicted octanol–water partition coefficient (Wildman–Crippen LogP) is 2.35. The lowest BCUT2D eigenvalue weighted by Gasteiger charge is -2.39. The van der Waals surface area contributed by atoms with Crippen molar-refractivity contribution in [1.29, 1.82) is 0 Å². The summed E-state index contributed by atoms with van der Waals surface area (Å²) in [5, 5.41) is 0. The van der Waals surface area contributed by atoms with Crippen molar-refractivity contribution in [2.45, 2.75) is 50.2 Å². The maximum Gasteiger partial charge on any atom is 0.255 e. The summed E-state index contributed by atoms with van der Waals surface area (Å²) in [7, 11) is 4.02. The third-order valence-corrected chi connectivity index (χ3v) is 7.15. The zero-order valence-electron chi connectivity index (χ0n) is 19.4. The highest BCUT2D eigenvalue weighted by Crippen LogP contribution is 2.49. The fraction of sp³-hybridized carbons (Fsp3) is 0.560. The fourth-order valence-electron chi connectivity index (χ4n) is 5.30. The Morgan fingerprint density at radius 2 is 2.06 bits per heavy atom. The van der Waals surface area contributed by atoms with E-state index >= 15 is 0 Å². The number of nitrogens with zero attached hydrogens (tertiary/aromatic N) is 3. The molecule has 1 aromatic heterocycles. The van der Waals surface area contributed by atoms with E-state index in [0.29, 0.717) is 25.6 Å². The SMILES string of the molecule is CN(C)CCOc1ccc2c(c1)C(C=O)OC21CCN(c2nc3c(c(=O)[nH]2)CCCC3)CC1. The second kappa shape index (κ2) is 8.91. The molecule has 1 aliphatic carbocycles. The summed E-state index contributed by atoms with van der Waals surface area (Å²) in [6, 6.07) is 5.98. The fourth-order valence-corrected chi connectivity index (χ4v) is 5.30. The third-order valence-electron chi connectivity index (χ3n) is 7.15. The molecule has 0 amide bonds. The van der Waals surface area contributed by atoms with E-state index in [-0.39, 0.29) is 5.56 Å². The molecule has 1 unspecified atom stereocenters. The lowest BCUT2D eigenvalue weighted by atomic mass is 9.83. The van der Waals surface area contributed by atoms with Crippen LogP contribution in [0.25, 0.3) is 0 Å². The molecule has 5 rings (SSSR count). The Hall–Kier alpha value is -2.71. The van der Waals surface area contributed by atoms with Crippen LogP contribution in [-0.4, -0.2) is 61.5 Å². The largest absolute Gasteiger partial charge is 0.492 e. The first-order chi connectivity index (χ1) is 16.0. The summed E-state index contributed by atoms with van der Waals surface area (Å²) in [4.78, 5) is 36.4. The first-order valence-corrected chi connectivity index (χ1v) is 11.9. The predicted molar refractivity (Wildman–Crippen MR) is 125 cm³/mol. The van der Waals surface area contributed by atoms with Crippen molar-refractivity contribution in [3.63, 3.8) is 0 Å². The van der Waals surface area contributed by atoms with Gasteiger partial charge in [-0.15, -0.1) is 0 Å². The number of nitrogens with one attached hydrogen (secondary N) is 1. The Morgan fingerprint density at radius 3 is 2.82 bits per heavy atom. The van der Waals surface area contributed by atoms with Crippen molar-refractivity contribution < 1.29 is 14.3 Å². The van der Waals surface area contributed by atoms with Crippen LogP contribution < -0.4 is 15.2 Å². The Labute approximate surface area is 193 Å². The smallest absolute Gasteiger partial charge is 0.255 e. The monoisotopic (exact) mass is 452 g/mol. The van der Waals surface area contributed by atoms with Gasteiger partial charge in [0.1, 0.15) is 18.5 Å². The maximum atomic E-state index is 12.6. The summed E-state index contributed by atoms with van der Waals surface area (Å²) >= 11 is 0. The Balaban J connectivity index is 1.33. The van der Waals surface area contributed by atoms with E-state index in [4.69, 9.17) is 14.5 Å². The number of benzene rings is 1. The first kappa shape index (κ1) is 22.1. The number of rotatable bonds is 6. The number of aldehydes is 1. The van der Waals surface area contributed by atoms with E-state index in [9.17, 15) is 9.59 Å². The zero-order chi connectivity index (χ0) is 23.0. The number of carbonyl (C=O) groups excluding carboxylic acids is 1. The topological polar surface area (TPSA) is 87.8 Å². The second-order valence-electron chi connectivity index (χ2n) is 9.58. The molecule has 1 N–H and O–H groups in total. The van der Waals surface area contributed by atoms with Crippen LogP contribution in [-0.2, 0) is 28.0 Å². The Bertz CT molecular complexity index is 1090. The second-order valence-corrected chi connectivity index (χ2v) is 9.58. The minimum atomic E-state index is -0.578. The van der Waals surface area contributed by atoms with Gasteiger partial charge >= 0.3 is 0 Å². The van der Waals surface area contributed by atoms with Gasteiger partial charge in [-0.05, 0) is 75.9 Å². The third kappa shape index (κ3) is 4.17. The highest BCUT2D eigenvalue weighted by molar-refractivity contribution is 5.65.